The first-order valence-electron chi connectivity index (χ1n) is 9.82. The van der Waals surface area contributed by atoms with Crippen LogP contribution >= 0.6 is 11.8 Å². The van der Waals surface area contributed by atoms with Crippen molar-refractivity contribution in [2.24, 2.45) is 7.05 Å². The van der Waals surface area contributed by atoms with Gasteiger partial charge in [-0.3, -0.25) is 4.79 Å². The van der Waals surface area contributed by atoms with Gasteiger partial charge in [-0.15, -0.1) is 10.2 Å². The van der Waals surface area contributed by atoms with Crippen molar-refractivity contribution >= 4 is 17.5 Å². The van der Waals surface area contributed by atoms with Gasteiger partial charge < -0.3 is 9.13 Å². The molecule has 2 aromatic heterocycles. The number of thioether (sulfide) groups is 1. The lowest BCUT2D eigenvalue weighted by Gasteiger charge is -2.10. The maximum absolute atomic E-state index is 13.0. The van der Waals surface area contributed by atoms with E-state index in [1.54, 1.807) is 0 Å². The van der Waals surface area contributed by atoms with Crippen LogP contribution in [0, 0.1) is 20.8 Å². The Morgan fingerprint density at radius 3 is 2.37 bits per heavy atom. The monoisotopic (exact) mass is 416 g/mol. The topological polar surface area (TPSA) is 52.7 Å². The van der Waals surface area contributed by atoms with Gasteiger partial charge in [-0.25, -0.2) is 0 Å². The predicted molar refractivity (Wildman–Crippen MR) is 121 cm³/mol. The van der Waals surface area contributed by atoms with E-state index in [4.69, 9.17) is 0 Å². The lowest BCUT2D eigenvalue weighted by atomic mass is 10.2. The molecule has 4 rings (SSSR count). The summed E-state index contributed by atoms with van der Waals surface area (Å²) in [6.45, 7) is 6.10. The van der Waals surface area contributed by atoms with Crippen LogP contribution in [-0.2, 0) is 7.05 Å². The summed E-state index contributed by atoms with van der Waals surface area (Å²) in [5.41, 5.74) is 6.06. The second-order valence-electron chi connectivity index (χ2n) is 7.40. The first-order valence-corrected chi connectivity index (χ1v) is 10.8. The number of benzene rings is 2. The van der Waals surface area contributed by atoms with Gasteiger partial charge in [0.2, 0.25) is 0 Å². The third-order valence-electron chi connectivity index (χ3n) is 5.22. The van der Waals surface area contributed by atoms with Gasteiger partial charge >= 0.3 is 0 Å². The average Bonchev–Trinajstić information content (AvgIpc) is 3.26. The molecule has 0 N–H and O–H groups in total. The molecule has 5 nitrogen and oxygen atoms in total. The van der Waals surface area contributed by atoms with E-state index in [-0.39, 0.29) is 5.78 Å². The third-order valence-corrected chi connectivity index (χ3v) is 6.24. The van der Waals surface area contributed by atoms with Crippen LogP contribution in [0.5, 0.6) is 0 Å². The molecular weight excluding hydrogens is 392 g/mol. The molecule has 2 heterocycles. The number of hydrogen-bond acceptors (Lipinski definition) is 4. The Labute approximate surface area is 180 Å². The summed E-state index contributed by atoms with van der Waals surface area (Å²) in [5.74, 6) is 1.21. The van der Waals surface area contributed by atoms with E-state index in [1.165, 1.54) is 17.3 Å². The minimum absolute atomic E-state index is 0.0933. The van der Waals surface area contributed by atoms with Crippen LogP contribution in [0.3, 0.4) is 0 Å². The molecule has 0 amide bonds. The van der Waals surface area contributed by atoms with Crippen LogP contribution in [0.4, 0.5) is 0 Å². The van der Waals surface area contributed by atoms with Crippen molar-refractivity contribution in [1.82, 2.24) is 19.3 Å². The number of hydrogen-bond donors (Lipinski definition) is 0. The molecule has 0 radical (unpaired) electrons. The Morgan fingerprint density at radius 2 is 1.67 bits per heavy atom. The fourth-order valence-corrected chi connectivity index (χ4v) is 4.42. The first-order chi connectivity index (χ1) is 14.5. The molecule has 0 saturated carbocycles. The molecular formula is C24H24N4OS. The zero-order valence-electron chi connectivity index (χ0n) is 17.6. The Balaban J connectivity index is 1.52. The smallest absolute Gasteiger partial charge is 0.191 e. The number of nitrogens with zero attached hydrogens (tertiary/aromatic N) is 4. The SMILES string of the molecule is Cc1ccc(-n2c(C)cc(C(=O)CSc3nnc(-c4ccccc4)n3C)c2C)cc1. The number of rotatable bonds is 6. The molecule has 0 atom stereocenters. The fourth-order valence-electron chi connectivity index (χ4n) is 3.62. The summed E-state index contributed by atoms with van der Waals surface area (Å²) in [7, 11) is 1.93. The van der Waals surface area contributed by atoms with Crippen molar-refractivity contribution in [2.75, 3.05) is 5.75 Å². The molecule has 0 saturated heterocycles. The minimum Gasteiger partial charge on any atom is -0.318 e. The molecule has 30 heavy (non-hydrogen) atoms. The van der Waals surface area contributed by atoms with E-state index >= 15 is 0 Å². The summed E-state index contributed by atoms with van der Waals surface area (Å²) < 4.78 is 4.07. The normalized spacial score (nSPS) is 11.1. The van der Waals surface area contributed by atoms with Crippen LogP contribution < -0.4 is 0 Å². The Bertz CT molecular complexity index is 1190. The van der Waals surface area contributed by atoms with Crippen LogP contribution in [0.1, 0.15) is 27.3 Å². The van der Waals surface area contributed by atoms with Crippen molar-refractivity contribution in [1.29, 1.82) is 0 Å². The maximum atomic E-state index is 13.0. The number of carbonyl (C=O) groups excluding carboxylic acids is 1. The summed E-state index contributed by atoms with van der Waals surface area (Å²) in [5, 5.41) is 9.30. The molecule has 0 aliphatic heterocycles. The Kier molecular flexibility index (Phi) is 5.59. The first kappa shape index (κ1) is 20.2. The predicted octanol–water partition coefficient (Wildman–Crippen LogP) is 5.17. The number of aryl methyl sites for hydroxylation is 2. The van der Waals surface area contributed by atoms with Gasteiger partial charge in [0.1, 0.15) is 0 Å². The summed E-state index contributed by atoms with van der Waals surface area (Å²) in [6, 6.07) is 20.3. The average molecular weight is 417 g/mol. The molecule has 0 fully saturated rings. The second kappa shape index (κ2) is 8.32. The highest BCUT2D eigenvalue weighted by Gasteiger charge is 2.18. The van der Waals surface area contributed by atoms with E-state index in [0.717, 1.165) is 39.2 Å². The van der Waals surface area contributed by atoms with E-state index in [2.05, 4.69) is 46.0 Å². The van der Waals surface area contributed by atoms with Crippen LogP contribution in [-0.4, -0.2) is 30.9 Å². The van der Waals surface area contributed by atoms with Crippen LogP contribution in [0.25, 0.3) is 17.1 Å². The minimum atomic E-state index is 0.0933. The summed E-state index contributed by atoms with van der Waals surface area (Å²) in [4.78, 5) is 13.0. The van der Waals surface area contributed by atoms with Crippen molar-refractivity contribution in [3.05, 3.63) is 83.2 Å². The van der Waals surface area contributed by atoms with Gasteiger partial charge in [0.15, 0.2) is 16.8 Å². The van der Waals surface area contributed by atoms with Gasteiger partial charge in [-0.1, -0.05) is 59.8 Å². The molecule has 0 spiro atoms. The van der Waals surface area contributed by atoms with Crippen LogP contribution in [0.15, 0.2) is 65.8 Å². The summed E-state index contributed by atoms with van der Waals surface area (Å²) in [6.07, 6.45) is 0. The molecule has 2 aromatic carbocycles. The third kappa shape index (κ3) is 3.83. The highest BCUT2D eigenvalue weighted by molar-refractivity contribution is 7.99. The van der Waals surface area contributed by atoms with E-state index in [0.29, 0.717) is 5.75 Å². The zero-order chi connectivity index (χ0) is 21.3. The molecule has 4 aromatic rings. The molecule has 0 unspecified atom stereocenters. The lowest BCUT2D eigenvalue weighted by Crippen LogP contribution is -2.06. The highest BCUT2D eigenvalue weighted by atomic mass is 32.2. The quantitative estimate of drug-likeness (QED) is 0.321. The van der Waals surface area contributed by atoms with Gasteiger partial charge in [-0.2, -0.15) is 0 Å². The molecule has 152 valence electrons. The van der Waals surface area contributed by atoms with Crippen molar-refractivity contribution in [3.8, 4) is 17.1 Å². The number of aromatic nitrogens is 4. The zero-order valence-corrected chi connectivity index (χ0v) is 18.4. The molecule has 0 bridgehead atoms. The standard InChI is InChI=1S/C24H24N4OS/c1-16-10-12-20(13-11-16)28-17(2)14-21(18(28)3)22(29)15-30-24-26-25-23(27(24)4)19-8-6-5-7-9-19/h5-14H,15H2,1-4H3. The van der Waals surface area contributed by atoms with E-state index in [9.17, 15) is 4.79 Å². The number of carbonyl (C=O) groups is 1. The number of ketones is 1. The Morgan fingerprint density at radius 1 is 0.967 bits per heavy atom. The van der Waals surface area contributed by atoms with E-state index < -0.39 is 0 Å². The van der Waals surface area contributed by atoms with Gasteiger partial charge in [0, 0.05) is 35.2 Å². The van der Waals surface area contributed by atoms with Crippen LogP contribution in [0.2, 0.25) is 0 Å². The molecule has 6 heteroatoms. The summed E-state index contributed by atoms with van der Waals surface area (Å²) >= 11 is 1.42. The molecule has 0 aliphatic rings. The Hall–Kier alpha value is -3.12. The maximum Gasteiger partial charge on any atom is 0.191 e. The lowest BCUT2D eigenvalue weighted by molar-refractivity contribution is 0.102. The second-order valence-corrected chi connectivity index (χ2v) is 8.34. The van der Waals surface area contributed by atoms with Gasteiger partial charge in [-0.05, 0) is 39.0 Å². The van der Waals surface area contributed by atoms with Gasteiger partial charge in [0.25, 0.3) is 0 Å². The van der Waals surface area contributed by atoms with Crippen molar-refractivity contribution in [2.45, 2.75) is 25.9 Å². The van der Waals surface area contributed by atoms with Crippen molar-refractivity contribution < 1.29 is 4.79 Å². The highest BCUT2D eigenvalue weighted by Crippen LogP contribution is 2.26. The van der Waals surface area contributed by atoms with E-state index in [1.807, 2.05) is 61.9 Å². The largest absolute Gasteiger partial charge is 0.318 e. The number of Topliss-reactive ketones (excluding diaryl/α,β-unsaturated/α-hetero) is 1. The van der Waals surface area contributed by atoms with Gasteiger partial charge in [0.05, 0.1) is 5.75 Å². The van der Waals surface area contributed by atoms with Crippen molar-refractivity contribution in [3.63, 3.8) is 0 Å². The fraction of sp³-hybridized carbons (Fsp3) is 0.208. The molecule has 0 aliphatic carbocycles.